The first-order valence-electron chi connectivity index (χ1n) is 30.8. The summed E-state index contributed by atoms with van der Waals surface area (Å²) in [4.78, 5) is 44.6. The number of nitrogen functional groups attached to an aromatic ring is 2. The van der Waals surface area contributed by atoms with Crippen molar-refractivity contribution in [2.75, 3.05) is 68.3 Å². The van der Waals surface area contributed by atoms with Crippen molar-refractivity contribution >= 4 is 46.6 Å². The average Bonchev–Trinajstić information content (AvgIpc) is 3.69. The minimum atomic E-state index is -1.05. The van der Waals surface area contributed by atoms with E-state index in [9.17, 15) is 39.6 Å². The van der Waals surface area contributed by atoms with E-state index in [4.69, 9.17) is 52.3 Å². The molecule has 0 aliphatic heterocycles. The monoisotopic (exact) mass is 1230 g/mol. The van der Waals surface area contributed by atoms with E-state index >= 15 is 0 Å². The van der Waals surface area contributed by atoms with Gasteiger partial charge < -0.3 is 83.4 Å². The number of nitrogens with two attached hydrogens (primary N) is 2. The van der Waals surface area contributed by atoms with E-state index in [1.807, 2.05) is 44.2 Å². The predicted octanol–water partition coefficient (Wildman–Crippen LogP) is 10.9. The third-order valence-electron chi connectivity index (χ3n) is 14.3. The Morgan fingerprint density at radius 2 is 0.886 bits per heavy atom. The summed E-state index contributed by atoms with van der Waals surface area (Å²) >= 11 is 0. The zero-order valence-electron chi connectivity index (χ0n) is 51.9. The van der Waals surface area contributed by atoms with Crippen LogP contribution >= 0.6 is 0 Å². The zero-order valence-corrected chi connectivity index (χ0v) is 51.9. The summed E-state index contributed by atoms with van der Waals surface area (Å²) < 4.78 is 0. The van der Waals surface area contributed by atoms with Crippen LogP contribution in [0.3, 0.4) is 0 Å². The molecule has 20 heteroatoms. The fourth-order valence-corrected chi connectivity index (χ4v) is 9.63. The van der Waals surface area contributed by atoms with Crippen molar-refractivity contribution < 1.29 is 80.5 Å². The molecule has 5 rings (SSSR count). The van der Waals surface area contributed by atoms with Crippen LogP contribution in [-0.4, -0.2) is 143 Å². The smallest absolute Gasteiger partial charge is 0.336 e. The highest BCUT2D eigenvalue weighted by Crippen LogP contribution is 2.35. The van der Waals surface area contributed by atoms with Gasteiger partial charge in [0.2, 0.25) is 0 Å². The van der Waals surface area contributed by atoms with Gasteiger partial charge in [0.1, 0.15) is 0 Å². The Balaban J connectivity index is 0.000000615. The van der Waals surface area contributed by atoms with Crippen molar-refractivity contribution in [3.63, 3.8) is 0 Å². The number of hydrogen-bond donors (Lipinski definition) is 16. The van der Waals surface area contributed by atoms with Crippen LogP contribution in [-0.2, 0) is 6.42 Å². The van der Waals surface area contributed by atoms with Crippen LogP contribution in [0.15, 0.2) is 97.1 Å². The Labute approximate surface area is 520 Å². The summed E-state index contributed by atoms with van der Waals surface area (Å²) in [5.74, 6) is -3.78. The summed E-state index contributed by atoms with van der Waals surface area (Å²) in [5.41, 5.74) is 19.8. The highest BCUT2D eigenvalue weighted by atomic mass is 16.4. The van der Waals surface area contributed by atoms with E-state index in [2.05, 4.69) is 10.6 Å². The van der Waals surface area contributed by atoms with E-state index in [1.165, 1.54) is 6.07 Å². The van der Waals surface area contributed by atoms with E-state index in [-0.39, 0.29) is 63.9 Å². The summed E-state index contributed by atoms with van der Waals surface area (Å²) in [6.07, 6.45) is 17.3. The number of aliphatic hydroxyl groups excluding tert-OH is 8. The number of carboxylic acids is 4. The molecule has 5 aromatic rings. The predicted molar refractivity (Wildman–Crippen MR) is 348 cm³/mol. The summed E-state index contributed by atoms with van der Waals surface area (Å²) in [6.45, 7) is 6.22. The van der Waals surface area contributed by atoms with Crippen molar-refractivity contribution in [1.82, 2.24) is 0 Å². The number of carboxylic acid groups (broad SMARTS) is 4. The molecule has 3 unspecified atom stereocenters. The van der Waals surface area contributed by atoms with Crippen LogP contribution in [0.1, 0.15) is 205 Å². The lowest BCUT2D eigenvalue weighted by Gasteiger charge is -2.26. The number of aryl methyl sites for hydroxylation is 2. The molecule has 0 aliphatic rings. The molecule has 0 heterocycles. The lowest BCUT2D eigenvalue weighted by Crippen LogP contribution is -2.24. The van der Waals surface area contributed by atoms with E-state index in [1.54, 1.807) is 67.6 Å². The molecule has 0 aliphatic carbocycles. The number of benzene rings is 5. The maximum atomic E-state index is 12.0. The second-order valence-electron chi connectivity index (χ2n) is 21.5. The molecule has 5 aromatic carbocycles. The van der Waals surface area contributed by atoms with Crippen LogP contribution in [0.25, 0.3) is 11.1 Å². The molecule has 0 bridgehead atoms. The molecular weight excluding hydrogens is 1130 g/mol. The van der Waals surface area contributed by atoms with Crippen LogP contribution in [0, 0.1) is 13.8 Å². The van der Waals surface area contributed by atoms with Crippen LogP contribution in [0.4, 0.5) is 22.7 Å². The van der Waals surface area contributed by atoms with Crippen molar-refractivity contribution in [2.45, 2.75) is 174 Å². The number of carbonyl (C=O) groups is 4. The maximum Gasteiger partial charge on any atom is 0.336 e. The quantitative estimate of drug-likeness (QED) is 0.0130. The molecule has 0 amide bonds. The van der Waals surface area contributed by atoms with Gasteiger partial charge in [-0.15, -0.1) is 0 Å². The number of rotatable bonds is 37. The molecule has 0 spiro atoms. The third-order valence-corrected chi connectivity index (χ3v) is 14.3. The molecule has 0 radical (unpaired) electrons. The number of unbranched alkanes of at least 4 members (excludes halogenated alkanes) is 10. The Kier molecular flexibility index (Phi) is 42.9. The van der Waals surface area contributed by atoms with Crippen molar-refractivity contribution in [3.05, 3.63) is 142 Å². The first-order valence-corrected chi connectivity index (χ1v) is 30.8. The maximum absolute atomic E-state index is 12.0. The van der Waals surface area contributed by atoms with Gasteiger partial charge >= 0.3 is 23.9 Å². The lowest BCUT2D eigenvalue weighted by molar-refractivity contribution is 0.0679. The molecule has 0 saturated carbocycles. The minimum absolute atomic E-state index is 0.0215. The largest absolute Gasteiger partial charge is 0.478 e. The third kappa shape index (κ3) is 32.2. The second-order valence-corrected chi connectivity index (χ2v) is 21.5. The fraction of sp³-hybridized carbons (Fsp3) is 0.500. The van der Waals surface area contributed by atoms with Crippen molar-refractivity contribution in [1.29, 1.82) is 0 Å². The molecule has 490 valence electrons. The molecule has 0 fully saturated rings. The van der Waals surface area contributed by atoms with Crippen molar-refractivity contribution in [2.24, 2.45) is 0 Å². The molecule has 0 saturated heterocycles. The van der Waals surface area contributed by atoms with Gasteiger partial charge in [0.05, 0.1) is 41.6 Å². The first-order chi connectivity index (χ1) is 42.3. The summed E-state index contributed by atoms with van der Waals surface area (Å²) in [6, 6.07) is 27.8. The number of aliphatic hydroxyl groups is 8. The molecule has 3 atom stereocenters. The van der Waals surface area contributed by atoms with Gasteiger partial charge in [-0.3, -0.25) is 0 Å². The van der Waals surface area contributed by atoms with Gasteiger partial charge in [0.15, 0.2) is 0 Å². The summed E-state index contributed by atoms with van der Waals surface area (Å²) in [7, 11) is 0. The zero-order chi connectivity index (χ0) is 65.7. The molecular formula is C68H102N4O16. The average molecular weight is 1230 g/mol. The minimum Gasteiger partial charge on any atom is -0.478 e. The fourth-order valence-electron chi connectivity index (χ4n) is 9.63. The normalized spacial score (nSPS) is 11.6. The Hall–Kier alpha value is -7.14. The van der Waals surface area contributed by atoms with Gasteiger partial charge in [-0.2, -0.15) is 0 Å². The van der Waals surface area contributed by atoms with Gasteiger partial charge in [-0.25, -0.2) is 19.2 Å². The highest BCUT2D eigenvalue weighted by Gasteiger charge is 2.24. The second kappa shape index (κ2) is 47.9. The van der Waals surface area contributed by atoms with Crippen LogP contribution < -0.4 is 22.1 Å². The number of aromatic carboxylic acids is 4. The summed E-state index contributed by atoms with van der Waals surface area (Å²) in [5, 5.41) is 115. The molecule has 88 heavy (non-hydrogen) atoms. The Morgan fingerprint density at radius 1 is 0.432 bits per heavy atom. The molecule has 20 nitrogen and oxygen atoms in total. The lowest BCUT2D eigenvalue weighted by atomic mass is 9.92. The first kappa shape index (κ1) is 78.9. The number of hydrogen-bond acceptors (Lipinski definition) is 16. The molecule has 0 aromatic heterocycles. The van der Waals surface area contributed by atoms with E-state index in [0.717, 1.165) is 137 Å². The molecule has 18 N–H and O–H groups in total. The van der Waals surface area contributed by atoms with E-state index < -0.39 is 30.0 Å². The highest BCUT2D eigenvalue weighted by molar-refractivity contribution is 5.93. The van der Waals surface area contributed by atoms with Crippen molar-refractivity contribution in [3.8, 4) is 11.1 Å². The van der Waals surface area contributed by atoms with Gasteiger partial charge in [-0.05, 0) is 173 Å². The standard InChI is InChI=1S/C27H47NO6.C18H29NO4.C13H11NO2.C8H9NO2.C2H6O2/c1-21-15-16-23(27(33)34)25(24(32)14-10-5-3-2-4-7-11-18-29)26(21)28-22(17-20-31)13-9-6-8-12-19-30;1-2-7-15-16(18(22)23)10-5-11-17(15)19-14(9-6-13-21)8-3-4-12-20;14-12-7-5-10(6-8-12)9-1-3-11(4-2-9)13(15)16;1-5-4-6(9)2-3-7(5)8(10)11;3-1-2-4/h15-16,22,24,28-32H,2-14,17-20H2,1H3,(H,33,34);5,10-11,14,19-21H,2-4,6-9,12-13H2,1H3,(H,22,23);1-8H,14H2,(H,15,16);2-4H,9H2,1H3,(H,10,11);3-4H,1-2H2. The van der Waals surface area contributed by atoms with Crippen LogP contribution in [0.5, 0.6) is 0 Å². The Morgan fingerprint density at radius 3 is 1.38 bits per heavy atom. The SMILES string of the molecule is CCCc1c(NC(CCCO)CCCCO)cccc1C(=O)O.Cc1cc(N)ccc1C(=O)O.Cc1ccc(C(=O)O)c(C(O)CCCCCCCCCO)c1NC(CCO)CCCCCCO.Nc1ccc(-c2ccc(C(=O)O)cc2)cc1.OCCO. The van der Waals surface area contributed by atoms with E-state index in [0.29, 0.717) is 70.6 Å². The topological polar surface area (TPSA) is 387 Å². The van der Waals surface area contributed by atoms with Gasteiger partial charge in [0.25, 0.3) is 0 Å². The van der Waals surface area contributed by atoms with Gasteiger partial charge in [0, 0.05) is 73.4 Å². The number of nitrogens with one attached hydrogen (secondary N) is 2. The van der Waals surface area contributed by atoms with Crippen LogP contribution in [0.2, 0.25) is 0 Å². The Bertz CT molecular complexity index is 2710. The number of anilines is 4. The van der Waals surface area contributed by atoms with Gasteiger partial charge in [-0.1, -0.05) is 108 Å².